The molecule has 0 bridgehead atoms. The number of rotatable bonds is 7. The second-order valence-corrected chi connectivity index (χ2v) is 5.91. The first kappa shape index (κ1) is 17.0. The van der Waals surface area contributed by atoms with Gasteiger partial charge in [0.05, 0.1) is 25.4 Å². The van der Waals surface area contributed by atoms with E-state index >= 15 is 0 Å². The monoisotopic (exact) mass is 309 g/mol. The Morgan fingerprint density at radius 1 is 1.50 bits per heavy atom. The number of amides is 1. The highest BCUT2D eigenvalue weighted by molar-refractivity contribution is 5.92. The maximum Gasteiger partial charge on any atom is 0.268 e. The number of aryl methyl sites for hydroxylation is 1. The predicted molar refractivity (Wildman–Crippen MR) is 85.2 cm³/mol. The van der Waals surface area contributed by atoms with Crippen LogP contribution < -0.4 is 5.32 Å². The molecule has 2 N–H and O–H groups in total. The van der Waals surface area contributed by atoms with Crippen LogP contribution in [0.3, 0.4) is 0 Å². The van der Waals surface area contributed by atoms with E-state index < -0.39 is 0 Å². The van der Waals surface area contributed by atoms with E-state index in [1.165, 1.54) is 0 Å². The van der Waals surface area contributed by atoms with Gasteiger partial charge in [0.15, 0.2) is 0 Å². The van der Waals surface area contributed by atoms with Crippen molar-refractivity contribution in [1.82, 2.24) is 15.2 Å². The van der Waals surface area contributed by atoms with Crippen molar-refractivity contribution >= 4 is 5.91 Å². The van der Waals surface area contributed by atoms with Crippen molar-refractivity contribution in [2.75, 3.05) is 40.5 Å². The van der Waals surface area contributed by atoms with E-state index in [4.69, 9.17) is 9.47 Å². The van der Waals surface area contributed by atoms with E-state index in [0.717, 1.165) is 25.1 Å². The van der Waals surface area contributed by atoms with Crippen molar-refractivity contribution in [3.63, 3.8) is 0 Å². The minimum atomic E-state index is -0.101. The molecule has 2 heterocycles. The Labute approximate surface area is 132 Å². The maximum atomic E-state index is 12.3. The largest absolute Gasteiger partial charge is 0.379 e. The molecule has 0 aromatic carbocycles. The summed E-state index contributed by atoms with van der Waals surface area (Å²) in [5.74, 6) is -0.101. The summed E-state index contributed by atoms with van der Waals surface area (Å²) in [6, 6.07) is 3.66. The van der Waals surface area contributed by atoms with Crippen LogP contribution in [0, 0.1) is 0 Å². The van der Waals surface area contributed by atoms with Crippen molar-refractivity contribution < 1.29 is 14.3 Å². The van der Waals surface area contributed by atoms with Gasteiger partial charge in [0.2, 0.25) is 0 Å². The van der Waals surface area contributed by atoms with Gasteiger partial charge < -0.3 is 24.7 Å². The van der Waals surface area contributed by atoms with Gasteiger partial charge in [-0.2, -0.15) is 0 Å². The number of hydrogen-bond acceptors (Lipinski definition) is 4. The molecule has 124 valence electrons. The number of carbonyl (C=O) groups excluding carboxylic acids is 1. The van der Waals surface area contributed by atoms with Gasteiger partial charge in [-0.25, -0.2) is 0 Å². The van der Waals surface area contributed by atoms with Crippen molar-refractivity contribution in [3.05, 3.63) is 23.5 Å². The van der Waals surface area contributed by atoms with Crippen LogP contribution in [0.25, 0.3) is 0 Å². The molecule has 6 heteroatoms. The summed E-state index contributed by atoms with van der Waals surface area (Å²) in [7, 11) is 4.03. The van der Waals surface area contributed by atoms with E-state index in [1.54, 1.807) is 0 Å². The Balaban J connectivity index is 1.88. The highest BCUT2D eigenvalue weighted by Crippen LogP contribution is 2.13. The molecule has 1 aliphatic rings. The molecule has 0 unspecified atom stereocenters. The van der Waals surface area contributed by atoms with Gasteiger partial charge in [0.1, 0.15) is 5.69 Å². The smallest absolute Gasteiger partial charge is 0.268 e. The lowest BCUT2D eigenvalue weighted by Gasteiger charge is -2.32. The second-order valence-electron chi connectivity index (χ2n) is 5.91. The van der Waals surface area contributed by atoms with Gasteiger partial charge in [-0.1, -0.05) is 6.92 Å². The SMILES string of the molecule is CCc1ccc(C(=O)N[C@@H]2COCC[C@@H]2OCCN(C)C)[nH]1. The summed E-state index contributed by atoms with van der Waals surface area (Å²) in [5, 5.41) is 3.03. The zero-order chi connectivity index (χ0) is 15.9. The summed E-state index contributed by atoms with van der Waals surface area (Å²) in [4.78, 5) is 17.5. The highest BCUT2D eigenvalue weighted by atomic mass is 16.5. The minimum absolute atomic E-state index is 0.0123. The zero-order valence-electron chi connectivity index (χ0n) is 13.7. The molecule has 22 heavy (non-hydrogen) atoms. The summed E-state index contributed by atoms with van der Waals surface area (Å²) >= 11 is 0. The lowest BCUT2D eigenvalue weighted by molar-refractivity contribution is -0.0562. The molecule has 1 aliphatic heterocycles. The molecule has 1 fully saturated rings. The third-order valence-electron chi connectivity index (χ3n) is 3.85. The fourth-order valence-electron chi connectivity index (χ4n) is 2.46. The first-order chi connectivity index (χ1) is 10.6. The van der Waals surface area contributed by atoms with Gasteiger partial charge in [-0.15, -0.1) is 0 Å². The number of nitrogens with zero attached hydrogens (tertiary/aromatic N) is 1. The first-order valence-corrected chi connectivity index (χ1v) is 7.93. The molecular weight excluding hydrogens is 282 g/mol. The van der Waals surface area contributed by atoms with E-state index in [9.17, 15) is 4.79 Å². The molecule has 0 spiro atoms. The predicted octanol–water partition coefficient (Wildman–Crippen LogP) is 1.04. The number of carbonyl (C=O) groups is 1. The molecule has 0 aliphatic carbocycles. The van der Waals surface area contributed by atoms with Crippen molar-refractivity contribution in [2.45, 2.75) is 31.9 Å². The Kier molecular flexibility index (Phi) is 6.42. The summed E-state index contributed by atoms with van der Waals surface area (Å²) < 4.78 is 11.4. The van der Waals surface area contributed by atoms with E-state index in [-0.39, 0.29) is 18.1 Å². The molecule has 6 nitrogen and oxygen atoms in total. The molecule has 1 aromatic heterocycles. The van der Waals surface area contributed by atoms with Gasteiger partial charge in [-0.05, 0) is 39.1 Å². The highest BCUT2D eigenvalue weighted by Gasteiger charge is 2.28. The van der Waals surface area contributed by atoms with E-state index in [1.807, 2.05) is 26.2 Å². The number of hydrogen-bond donors (Lipinski definition) is 2. The van der Waals surface area contributed by atoms with Gasteiger partial charge in [0.25, 0.3) is 5.91 Å². The molecule has 2 atom stereocenters. The van der Waals surface area contributed by atoms with Crippen LogP contribution in [0.1, 0.15) is 29.5 Å². The number of aromatic amines is 1. The lowest BCUT2D eigenvalue weighted by Crippen LogP contribution is -2.51. The summed E-state index contributed by atoms with van der Waals surface area (Å²) in [6.45, 7) is 4.76. The molecule has 1 saturated heterocycles. The standard InChI is InChI=1S/C16H27N3O3/c1-4-12-5-6-13(17-12)16(20)18-14-11-21-9-7-15(14)22-10-8-19(2)3/h5-6,14-15,17H,4,7-11H2,1-3H3,(H,18,20)/t14-,15+/m1/s1. The molecule has 0 radical (unpaired) electrons. The number of aromatic nitrogens is 1. The van der Waals surface area contributed by atoms with Crippen molar-refractivity contribution in [1.29, 1.82) is 0 Å². The van der Waals surface area contributed by atoms with E-state index in [2.05, 4.69) is 22.1 Å². The topological polar surface area (TPSA) is 66.6 Å². The fourth-order valence-corrected chi connectivity index (χ4v) is 2.46. The van der Waals surface area contributed by atoms with Crippen LogP contribution in [0.2, 0.25) is 0 Å². The number of H-pyrrole nitrogens is 1. The Bertz CT molecular complexity index is 473. The van der Waals surface area contributed by atoms with Crippen LogP contribution in [-0.2, 0) is 15.9 Å². The third-order valence-corrected chi connectivity index (χ3v) is 3.85. The second kappa shape index (κ2) is 8.31. The maximum absolute atomic E-state index is 12.3. The quantitative estimate of drug-likeness (QED) is 0.790. The molecule has 0 saturated carbocycles. The van der Waals surface area contributed by atoms with Crippen LogP contribution in [0.15, 0.2) is 12.1 Å². The average Bonchev–Trinajstić information content (AvgIpc) is 2.98. The molecular formula is C16H27N3O3. The van der Waals surface area contributed by atoms with Crippen LogP contribution in [0.5, 0.6) is 0 Å². The fraction of sp³-hybridized carbons (Fsp3) is 0.688. The normalized spacial score (nSPS) is 22.0. The van der Waals surface area contributed by atoms with Gasteiger partial charge in [-0.3, -0.25) is 4.79 Å². The van der Waals surface area contributed by atoms with Crippen molar-refractivity contribution in [3.8, 4) is 0 Å². The Morgan fingerprint density at radius 3 is 3.00 bits per heavy atom. The zero-order valence-corrected chi connectivity index (χ0v) is 13.7. The number of ether oxygens (including phenoxy) is 2. The Morgan fingerprint density at radius 2 is 2.32 bits per heavy atom. The first-order valence-electron chi connectivity index (χ1n) is 7.93. The third kappa shape index (κ3) is 4.83. The number of likely N-dealkylation sites (N-methyl/N-ethyl adjacent to an activating group) is 1. The van der Waals surface area contributed by atoms with Crippen LogP contribution in [-0.4, -0.2) is 68.4 Å². The number of nitrogens with one attached hydrogen (secondary N) is 2. The van der Waals surface area contributed by atoms with Gasteiger partial charge >= 0.3 is 0 Å². The van der Waals surface area contributed by atoms with Gasteiger partial charge in [0, 0.05) is 18.8 Å². The Hall–Kier alpha value is -1.37. The molecule has 1 aromatic rings. The van der Waals surface area contributed by atoms with Crippen molar-refractivity contribution in [2.24, 2.45) is 0 Å². The minimum Gasteiger partial charge on any atom is -0.379 e. The van der Waals surface area contributed by atoms with E-state index in [0.29, 0.717) is 25.5 Å². The molecule has 2 rings (SSSR count). The molecule has 1 amide bonds. The summed E-state index contributed by atoms with van der Waals surface area (Å²) in [5.41, 5.74) is 1.65. The van der Waals surface area contributed by atoms with Crippen LogP contribution in [0.4, 0.5) is 0 Å². The average molecular weight is 309 g/mol. The van der Waals surface area contributed by atoms with Crippen LogP contribution >= 0.6 is 0 Å². The lowest BCUT2D eigenvalue weighted by atomic mass is 10.1. The summed E-state index contributed by atoms with van der Waals surface area (Å²) in [6.07, 6.45) is 1.71.